The van der Waals surface area contributed by atoms with Gasteiger partial charge in [-0.1, -0.05) is 25.1 Å². The van der Waals surface area contributed by atoms with E-state index in [0.717, 1.165) is 17.7 Å². The zero-order valence-electron chi connectivity index (χ0n) is 11.7. The Kier molecular flexibility index (Phi) is 4.56. The molecule has 1 aromatic rings. The quantitative estimate of drug-likeness (QED) is 0.897. The molecule has 0 radical (unpaired) electrons. The molecule has 19 heavy (non-hydrogen) atoms. The molecule has 1 fully saturated rings. The summed E-state index contributed by atoms with van der Waals surface area (Å²) in [6.07, 6.45) is 1.12. The van der Waals surface area contributed by atoms with Gasteiger partial charge in [0.05, 0.1) is 6.61 Å². The van der Waals surface area contributed by atoms with Crippen LogP contribution in [0.15, 0.2) is 18.2 Å². The van der Waals surface area contributed by atoms with Crippen molar-refractivity contribution in [1.82, 2.24) is 0 Å². The number of benzene rings is 1. The third-order valence-corrected chi connectivity index (χ3v) is 3.58. The summed E-state index contributed by atoms with van der Waals surface area (Å²) in [7, 11) is 0. The second-order valence-corrected chi connectivity index (χ2v) is 4.86. The Labute approximate surface area is 114 Å². The van der Waals surface area contributed by atoms with E-state index in [2.05, 4.69) is 26.0 Å². The summed E-state index contributed by atoms with van der Waals surface area (Å²) in [5, 5.41) is 0. The number of aryl methyl sites for hydroxylation is 2. The lowest BCUT2D eigenvalue weighted by Gasteiger charge is -2.34. The average molecular weight is 262 g/mol. The minimum absolute atomic E-state index is 0.0423. The predicted molar refractivity (Wildman–Crippen MR) is 76.3 cm³/mol. The molecular weight excluding hydrogens is 240 g/mol. The van der Waals surface area contributed by atoms with Gasteiger partial charge >= 0.3 is 0 Å². The van der Waals surface area contributed by atoms with Crippen LogP contribution in [-0.4, -0.2) is 31.7 Å². The van der Waals surface area contributed by atoms with Gasteiger partial charge in [-0.05, 0) is 37.4 Å². The van der Waals surface area contributed by atoms with E-state index in [0.29, 0.717) is 26.1 Å². The lowest BCUT2D eigenvalue weighted by Crippen LogP contribution is -2.49. The highest BCUT2D eigenvalue weighted by Gasteiger charge is 2.31. The number of amides is 1. The normalized spacial score (nSPS) is 19.8. The predicted octanol–water partition coefficient (Wildman–Crippen LogP) is 1.64. The molecule has 4 nitrogen and oxygen atoms in total. The molecule has 1 atom stereocenters. The summed E-state index contributed by atoms with van der Waals surface area (Å²) in [5.74, 6) is 0.0423. The van der Waals surface area contributed by atoms with Crippen molar-refractivity contribution in [2.45, 2.75) is 32.8 Å². The van der Waals surface area contributed by atoms with E-state index in [4.69, 9.17) is 10.5 Å². The largest absolute Gasteiger partial charge is 0.366 e. The van der Waals surface area contributed by atoms with E-state index in [9.17, 15) is 4.79 Å². The SMILES string of the molecule is CCc1cccc(C)c1N1CCOC(CCN)C1=O. The van der Waals surface area contributed by atoms with Crippen LogP contribution in [0.25, 0.3) is 0 Å². The molecule has 1 heterocycles. The Morgan fingerprint density at radius 3 is 2.95 bits per heavy atom. The molecule has 0 aromatic heterocycles. The number of nitrogens with zero attached hydrogens (tertiary/aromatic N) is 1. The first-order chi connectivity index (χ1) is 9.19. The van der Waals surface area contributed by atoms with E-state index < -0.39 is 0 Å². The molecule has 1 saturated heterocycles. The highest BCUT2D eigenvalue weighted by molar-refractivity contribution is 5.98. The Hall–Kier alpha value is -1.39. The molecule has 1 unspecified atom stereocenters. The monoisotopic (exact) mass is 262 g/mol. The van der Waals surface area contributed by atoms with Gasteiger partial charge in [0.1, 0.15) is 6.10 Å². The van der Waals surface area contributed by atoms with E-state index >= 15 is 0 Å². The van der Waals surface area contributed by atoms with Crippen molar-refractivity contribution in [1.29, 1.82) is 0 Å². The van der Waals surface area contributed by atoms with Gasteiger partial charge in [-0.3, -0.25) is 4.79 Å². The molecule has 1 aromatic carbocycles. The number of hydrogen-bond donors (Lipinski definition) is 1. The minimum Gasteiger partial charge on any atom is -0.366 e. The van der Waals surface area contributed by atoms with Crippen LogP contribution in [0.5, 0.6) is 0 Å². The Balaban J connectivity index is 2.33. The number of para-hydroxylation sites is 1. The smallest absolute Gasteiger partial charge is 0.256 e. The molecule has 0 saturated carbocycles. The van der Waals surface area contributed by atoms with Gasteiger partial charge in [0.2, 0.25) is 0 Å². The lowest BCUT2D eigenvalue weighted by atomic mass is 10.0. The first-order valence-corrected chi connectivity index (χ1v) is 6.90. The number of nitrogens with two attached hydrogens (primary N) is 1. The third kappa shape index (κ3) is 2.80. The topological polar surface area (TPSA) is 55.6 Å². The molecule has 2 N–H and O–H groups in total. The summed E-state index contributed by atoms with van der Waals surface area (Å²) in [6.45, 7) is 5.83. The van der Waals surface area contributed by atoms with Crippen LogP contribution in [0.4, 0.5) is 5.69 Å². The molecule has 0 aliphatic carbocycles. The van der Waals surface area contributed by atoms with E-state index in [1.807, 2.05) is 11.0 Å². The average Bonchev–Trinajstić information content (AvgIpc) is 2.41. The zero-order chi connectivity index (χ0) is 13.8. The van der Waals surface area contributed by atoms with Crippen LogP contribution >= 0.6 is 0 Å². The van der Waals surface area contributed by atoms with Crippen LogP contribution in [-0.2, 0) is 16.0 Å². The zero-order valence-corrected chi connectivity index (χ0v) is 11.7. The van der Waals surface area contributed by atoms with Gasteiger partial charge in [0, 0.05) is 12.2 Å². The van der Waals surface area contributed by atoms with Crippen molar-refractivity contribution in [2.75, 3.05) is 24.6 Å². The van der Waals surface area contributed by atoms with Crippen molar-refractivity contribution in [3.05, 3.63) is 29.3 Å². The third-order valence-electron chi connectivity index (χ3n) is 3.58. The summed E-state index contributed by atoms with van der Waals surface area (Å²) in [5.41, 5.74) is 8.95. The summed E-state index contributed by atoms with van der Waals surface area (Å²) >= 11 is 0. The van der Waals surface area contributed by atoms with Crippen molar-refractivity contribution >= 4 is 11.6 Å². The number of carbonyl (C=O) groups is 1. The first-order valence-electron chi connectivity index (χ1n) is 6.90. The standard InChI is InChI=1S/C15H22N2O2/c1-3-12-6-4-5-11(2)14(12)17-9-10-19-13(7-8-16)15(17)18/h4-6,13H,3,7-10,16H2,1-2H3. The Bertz CT molecular complexity index is 457. The number of morpholine rings is 1. The molecule has 4 heteroatoms. The molecule has 0 spiro atoms. The lowest BCUT2D eigenvalue weighted by molar-refractivity contribution is -0.134. The van der Waals surface area contributed by atoms with Crippen molar-refractivity contribution in [3.63, 3.8) is 0 Å². The molecule has 2 rings (SSSR count). The highest BCUT2D eigenvalue weighted by atomic mass is 16.5. The van der Waals surface area contributed by atoms with Gasteiger partial charge in [-0.25, -0.2) is 0 Å². The molecule has 1 aliphatic rings. The van der Waals surface area contributed by atoms with Crippen molar-refractivity contribution in [3.8, 4) is 0 Å². The molecule has 1 aliphatic heterocycles. The second-order valence-electron chi connectivity index (χ2n) is 4.86. The van der Waals surface area contributed by atoms with Gasteiger partial charge in [0.25, 0.3) is 5.91 Å². The molecule has 0 bridgehead atoms. The van der Waals surface area contributed by atoms with Crippen LogP contribution < -0.4 is 10.6 Å². The fraction of sp³-hybridized carbons (Fsp3) is 0.533. The van der Waals surface area contributed by atoms with Crippen molar-refractivity contribution in [2.24, 2.45) is 5.73 Å². The van der Waals surface area contributed by atoms with Crippen LogP contribution in [0, 0.1) is 6.92 Å². The number of rotatable bonds is 4. The van der Waals surface area contributed by atoms with Gasteiger partial charge in [-0.2, -0.15) is 0 Å². The highest BCUT2D eigenvalue weighted by Crippen LogP contribution is 2.28. The maximum Gasteiger partial charge on any atom is 0.256 e. The van der Waals surface area contributed by atoms with Gasteiger partial charge in [0.15, 0.2) is 0 Å². The summed E-state index contributed by atoms with van der Waals surface area (Å²) < 4.78 is 5.52. The number of anilines is 1. The van der Waals surface area contributed by atoms with Crippen LogP contribution in [0.3, 0.4) is 0 Å². The Morgan fingerprint density at radius 2 is 2.26 bits per heavy atom. The van der Waals surface area contributed by atoms with Crippen LogP contribution in [0.2, 0.25) is 0 Å². The minimum atomic E-state index is -0.386. The Morgan fingerprint density at radius 1 is 1.47 bits per heavy atom. The van der Waals surface area contributed by atoms with Crippen molar-refractivity contribution < 1.29 is 9.53 Å². The molecule has 104 valence electrons. The van der Waals surface area contributed by atoms with Crippen LogP contribution in [0.1, 0.15) is 24.5 Å². The molecule has 1 amide bonds. The molecular formula is C15H22N2O2. The fourth-order valence-corrected chi connectivity index (χ4v) is 2.61. The number of hydrogen-bond acceptors (Lipinski definition) is 3. The fourth-order valence-electron chi connectivity index (χ4n) is 2.61. The van der Waals surface area contributed by atoms with E-state index in [-0.39, 0.29) is 12.0 Å². The maximum atomic E-state index is 12.5. The van der Waals surface area contributed by atoms with E-state index in [1.54, 1.807) is 0 Å². The van der Waals surface area contributed by atoms with Gasteiger partial charge in [-0.15, -0.1) is 0 Å². The van der Waals surface area contributed by atoms with E-state index in [1.165, 1.54) is 5.56 Å². The number of carbonyl (C=O) groups excluding carboxylic acids is 1. The maximum absolute atomic E-state index is 12.5. The second kappa shape index (κ2) is 6.17. The first kappa shape index (κ1) is 14.0. The number of ether oxygens (including phenoxy) is 1. The summed E-state index contributed by atoms with van der Waals surface area (Å²) in [4.78, 5) is 14.4. The summed E-state index contributed by atoms with van der Waals surface area (Å²) in [6, 6.07) is 6.18. The van der Waals surface area contributed by atoms with Gasteiger partial charge < -0.3 is 15.4 Å².